The number of carbonyl (C=O) groups is 1. The van der Waals surface area contributed by atoms with E-state index in [-0.39, 0.29) is 11.5 Å². The van der Waals surface area contributed by atoms with Crippen molar-refractivity contribution in [2.45, 2.75) is 25.2 Å². The summed E-state index contributed by atoms with van der Waals surface area (Å²) in [5.41, 5.74) is -0.439. The van der Waals surface area contributed by atoms with Gasteiger partial charge in [0.25, 0.3) is 9.05 Å². The lowest BCUT2D eigenvalue weighted by molar-refractivity contribution is 0.0482. The monoisotopic (exact) mass is 308 g/mol. The topological polar surface area (TPSA) is 60.4 Å². The molecule has 0 atom stereocenters. The largest absolute Gasteiger partial charge is 0.462 e. The zero-order valence-electron chi connectivity index (χ0n) is 10.5. The lowest BCUT2D eigenvalue weighted by Crippen LogP contribution is -2.10. The second-order valence-corrected chi connectivity index (χ2v) is 6.96. The highest BCUT2D eigenvalue weighted by molar-refractivity contribution is 8.13. The van der Waals surface area contributed by atoms with Gasteiger partial charge in [-0.25, -0.2) is 17.6 Å². The molecule has 106 valence electrons. The molecule has 0 amide bonds. The minimum atomic E-state index is -4.01. The first-order chi connectivity index (χ1) is 8.71. The van der Waals surface area contributed by atoms with Crippen LogP contribution in [0.2, 0.25) is 0 Å². The zero-order chi connectivity index (χ0) is 14.6. The van der Waals surface area contributed by atoms with Gasteiger partial charge in [-0.1, -0.05) is 13.8 Å². The third-order valence-corrected chi connectivity index (χ3v) is 3.72. The average Bonchev–Trinajstić information content (AvgIpc) is 2.27. The van der Waals surface area contributed by atoms with Crippen molar-refractivity contribution in [2.24, 2.45) is 5.92 Å². The molecule has 0 fully saturated rings. The van der Waals surface area contributed by atoms with Gasteiger partial charge in [0.15, 0.2) is 0 Å². The van der Waals surface area contributed by atoms with Crippen LogP contribution in [-0.4, -0.2) is 21.0 Å². The van der Waals surface area contributed by atoms with Crippen molar-refractivity contribution in [3.63, 3.8) is 0 Å². The Morgan fingerprint density at radius 2 is 2.05 bits per heavy atom. The summed E-state index contributed by atoms with van der Waals surface area (Å²) in [5, 5.41) is 0. The van der Waals surface area contributed by atoms with Crippen LogP contribution in [0.5, 0.6) is 0 Å². The van der Waals surface area contributed by atoms with Gasteiger partial charge in [0, 0.05) is 10.7 Å². The van der Waals surface area contributed by atoms with Gasteiger partial charge in [-0.2, -0.15) is 0 Å². The van der Waals surface area contributed by atoms with E-state index < -0.39 is 26.4 Å². The van der Waals surface area contributed by atoms with Crippen molar-refractivity contribution in [3.8, 4) is 0 Å². The van der Waals surface area contributed by atoms with E-state index in [0.717, 1.165) is 18.2 Å². The van der Waals surface area contributed by atoms with Crippen molar-refractivity contribution >= 4 is 25.7 Å². The quantitative estimate of drug-likeness (QED) is 0.620. The van der Waals surface area contributed by atoms with Crippen LogP contribution in [0.4, 0.5) is 4.39 Å². The number of esters is 1. The van der Waals surface area contributed by atoms with Crippen molar-refractivity contribution in [2.75, 3.05) is 6.61 Å². The molecular weight excluding hydrogens is 295 g/mol. The summed E-state index contributed by atoms with van der Waals surface area (Å²) in [7, 11) is 1.12. The second kappa shape index (κ2) is 6.34. The van der Waals surface area contributed by atoms with Gasteiger partial charge < -0.3 is 4.74 Å². The molecule has 0 spiro atoms. The molecular formula is C12H14ClFO4S. The van der Waals surface area contributed by atoms with Gasteiger partial charge in [-0.05, 0) is 30.5 Å². The predicted octanol–water partition coefficient (Wildman–Crippen LogP) is 2.96. The maximum Gasteiger partial charge on any atom is 0.341 e. The first-order valence-corrected chi connectivity index (χ1v) is 7.94. The van der Waals surface area contributed by atoms with E-state index in [9.17, 15) is 17.6 Å². The Labute approximate surface area is 115 Å². The molecule has 0 saturated heterocycles. The highest BCUT2D eigenvalue weighted by Crippen LogP contribution is 2.19. The van der Waals surface area contributed by atoms with Crippen molar-refractivity contribution < 1.29 is 22.3 Å². The van der Waals surface area contributed by atoms with E-state index in [1.807, 2.05) is 13.8 Å². The summed E-state index contributed by atoms with van der Waals surface area (Å²) < 4.78 is 40.6. The van der Waals surface area contributed by atoms with Crippen molar-refractivity contribution in [3.05, 3.63) is 29.6 Å². The molecule has 19 heavy (non-hydrogen) atoms. The molecule has 0 radical (unpaired) electrons. The minimum absolute atomic E-state index is 0.147. The highest BCUT2D eigenvalue weighted by atomic mass is 35.7. The van der Waals surface area contributed by atoms with Gasteiger partial charge in [-0.3, -0.25) is 0 Å². The Morgan fingerprint density at radius 3 is 2.58 bits per heavy atom. The normalized spacial score (nSPS) is 11.6. The molecule has 4 nitrogen and oxygen atoms in total. The molecule has 0 aliphatic heterocycles. The molecule has 1 aromatic carbocycles. The molecule has 1 rings (SSSR count). The zero-order valence-corrected chi connectivity index (χ0v) is 12.1. The third-order valence-electron chi connectivity index (χ3n) is 2.37. The lowest BCUT2D eigenvalue weighted by Gasteiger charge is -2.08. The number of halogens is 2. The maximum absolute atomic E-state index is 13.5. The average molecular weight is 309 g/mol. The van der Waals surface area contributed by atoms with Crippen LogP contribution >= 0.6 is 10.7 Å². The maximum atomic E-state index is 13.5. The number of ether oxygens (including phenoxy) is 1. The predicted molar refractivity (Wildman–Crippen MR) is 69.2 cm³/mol. The number of benzene rings is 1. The number of hydrogen-bond acceptors (Lipinski definition) is 4. The molecule has 0 aliphatic rings. The minimum Gasteiger partial charge on any atom is -0.462 e. The van der Waals surface area contributed by atoms with Crippen LogP contribution in [0.25, 0.3) is 0 Å². The summed E-state index contributed by atoms with van der Waals surface area (Å²) in [4.78, 5) is 11.3. The summed E-state index contributed by atoms with van der Waals surface area (Å²) in [6, 6.07) is 2.73. The standard InChI is InChI=1S/C12H14ClFO4S/c1-8(2)5-6-18-12(15)10-7-9(19(13,16)17)3-4-11(10)14/h3-4,7-8H,5-6H2,1-2H3. The van der Waals surface area contributed by atoms with Crippen LogP contribution in [0.15, 0.2) is 23.1 Å². The van der Waals surface area contributed by atoms with E-state index in [2.05, 4.69) is 0 Å². The number of carbonyl (C=O) groups excluding carboxylic acids is 1. The summed E-state index contributed by atoms with van der Waals surface area (Å²) in [5.74, 6) is -1.41. The highest BCUT2D eigenvalue weighted by Gasteiger charge is 2.18. The van der Waals surface area contributed by atoms with Crippen LogP contribution in [-0.2, 0) is 13.8 Å². The fourth-order valence-corrected chi connectivity index (χ4v) is 2.05. The number of hydrogen-bond donors (Lipinski definition) is 0. The van der Waals surface area contributed by atoms with E-state index in [1.54, 1.807) is 0 Å². The van der Waals surface area contributed by atoms with Crippen LogP contribution in [0.3, 0.4) is 0 Å². The molecule has 1 aromatic rings. The molecule has 7 heteroatoms. The molecule has 0 bridgehead atoms. The van der Waals surface area contributed by atoms with Gasteiger partial charge in [-0.15, -0.1) is 0 Å². The Morgan fingerprint density at radius 1 is 1.42 bits per heavy atom. The first kappa shape index (κ1) is 15.9. The molecule has 0 aliphatic carbocycles. The molecule has 0 unspecified atom stereocenters. The summed E-state index contributed by atoms with van der Waals surface area (Å²) in [6.45, 7) is 4.05. The molecule has 0 saturated carbocycles. The fraction of sp³-hybridized carbons (Fsp3) is 0.417. The van der Waals surface area contributed by atoms with Crippen LogP contribution in [0, 0.1) is 11.7 Å². The smallest absolute Gasteiger partial charge is 0.341 e. The second-order valence-electron chi connectivity index (χ2n) is 4.40. The Kier molecular flexibility index (Phi) is 5.31. The van der Waals surface area contributed by atoms with E-state index in [0.29, 0.717) is 12.3 Å². The van der Waals surface area contributed by atoms with E-state index >= 15 is 0 Å². The van der Waals surface area contributed by atoms with E-state index in [4.69, 9.17) is 15.4 Å². The Bertz CT molecular complexity index is 569. The van der Waals surface area contributed by atoms with Crippen LogP contribution < -0.4 is 0 Å². The number of rotatable bonds is 5. The fourth-order valence-electron chi connectivity index (χ4n) is 1.28. The van der Waals surface area contributed by atoms with Crippen molar-refractivity contribution in [1.82, 2.24) is 0 Å². The van der Waals surface area contributed by atoms with Gasteiger partial charge in [0.05, 0.1) is 17.1 Å². The van der Waals surface area contributed by atoms with Crippen LogP contribution in [0.1, 0.15) is 30.6 Å². The van der Waals surface area contributed by atoms with Gasteiger partial charge in [0.2, 0.25) is 0 Å². The molecule has 0 heterocycles. The van der Waals surface area contributed by atoms with Gasteiger partial charge in [0.1, 0.15) is 5.82 Å². The third kappa shape index (κ3) is 4.80. The lowest BCUT2D eigenvalue weighted by atomic mass is 10.1. The SMILES string of the molecule is CC(C)CCOC(=O)c1cc(S(=O)(=O)Cl)ccc1F. The molecule has 0 N–H and O–H groups in total. The van der Waals surface area contributed by atoms with Crippen molar-refractivity contribution in [1.29, 1.82) is 0 Å². The first-order valence-electron chi connectivity index (χ1n) is 5.63. The molecule has 0 aromatic heterocycles. The Balaban J connectivity index is 2.90. The van der Waals surface area contributed by atoms with Gasteiger partial charge >= 0.3 is 5.97 Å². The van der Waals surface area contributed by atoms with E-state index in [1.165, 1.54) is 0 Å². The summed E-state index contributed by atoms with van der Waals surface area (Å²) in [6.07, 6.45) is 0.640. The Hall–Kier alpha value is -1.14. The summed E-state index contributed by atoms with van der Waals surface area (Å²) >= 11 is 0.